The molecule has 0 atom stereocenters. The van der Waals surface area contributed by atoms with E-state index in [4.69, 9.17) is 9.47 Å². The Kier molecular flexibility index (Phi) is 7.07. The number of hydrogen-bond acceptors (Lipinski definition) is 4. The summed E-state index contributed by atoms with van der Waals surface area (Å²) in [6.07, 6.45) is 0. The van der Waals surface area contributed by atoms with Crippen LogP contribution in [0.2, 0.25) is 0 Å². The Morgan fingerprint density at radius 2 is 1.88 bits per heavy atom. The molecule has 6 heteroatoms. The first-order valence-electron chi connectivity index (χ1n) is 8.32. The molecule has 0 aliphatic carbocycles. The molecule has 0 unspecified atom stereocenters. The summed E-state index contributed by atoms with van der Waals surface area (Å²) in [7, 11) is 3.26. The van der Waals surface area contributed by atoms with Crippen LogP contribution in [0.15, 0.2) is 41.4 Å². The van der Waals surface area contributed by atoms with E-state index in [1.807, 2.05) is 50.2 Å². The van der Waals surface area contributed by atoms with Crippen LogP contribution in [-0.2, 0) is 13.1 Å². The molecule has 0 spiro atoms. The van der Waals surface area contributed by atoms with Crippen molar-refractivity contribution in [2.45, 2.75) is 26.9 Å². The highest BCUT2D eigenvalue weighted by atomic mass is 16.5. The maximum absolute atomic E-state index is 5.33. The van der Waals surface area contributed by atoms with E-state index < -0.39 is 0 Å². The van der Waals surface area contributed by atoms with Crippen LogP contribution in [0.25, 0.3) is 0 Å². The molecule has 0 saturated heterocycles. The highest BCUT2D eigenvalue weighted by molar-refractivity contribution is 5.79. The predicted molar refractivity (Wildman–Crippen MR) is 100 cm³/mol. The standard InChI is InChI=1S/C19H26N4O2/c1-5-20-19(22-13-16-8-6-7-14(2)23-16)21-12-15-9-10-17(24-3)18(11-15)25-4/h6-11H,5,12-13H2,1-4H3,(H2,20,21,22). The van der Waals surface area contributed by atoms with Crippen LogP contribution in [-0.4, -0.2) is 31.7 Å². The summed E-state index contributed by atoms with van der Waals surface area (Å²) in [6, 6.07) is 11.8. The topological polar surface area (TPSA) is 67.8 Å². The molecule has 2 N–H and O–H groups in total. The molecule has 1 aromatic carbocycles. The van der Waals surface area contributed by atoms with E-state index in [0.717, 1.165) is 29.5 Å². The number of nitrogens with one attached hydrogen (secondary N) is 2. The average molecular weight is 342 g/mol. The minimum atomic E-state index is 0.539. The van der Waals surface area contributed by atoms with Crippen LogP contribution in [0, 0.1) is 6.92 Å². The van der Waals surface area contributed by atoms with Crippen molar-refractivity contribution >= 4 is 5.96 Å². The number of pyridine rings is 1. The van der Waals surface area contributed by atoms with Gasteiger partial charge in [0.05, 0.1) is 33.0 Å². The zero-order valence-electron chi connectivity index (χ0n) is 15.3. The Balaban J connectivity index is 2.03. The van der Waals surface area contributed by atoms with Gasteiger partial charge in [-0.05, 0) is 43.7 Å². The number of benzene rings is 1. The van der Waals surface area contributed by atoms with Gasteiger partial charge < -0.3 is 20.1 Å². The van der Waals surface area contributed by atoms with Gasteiger partial charge in [0.15, 0.2) is 17.5 Å². The van der Waals surface area contributed by atoms with Crippen LogP contribution in [0.1, 0.15) is 23.9 Å². The van der Waals surface area contributed by atoms with Crippen molar-refractivity contribution in [3.8, 4) is 11.5 Å². The van der Waals surface area contributed by atoms with Crippen molar-refractivity contribution in [2.75, 3.05) is 20.8 Å². The highest BCUT2D eigenvalue weighted by Gasteiger charge is 2.05. The van der Waals surface area contributed by atoms with Crippen LogP contribution in [0.4, 0.5) is 0 Å². The van der Waals surface area contributed by atoms with E-state index in [0.29, 0.717) is 24.6 Å². The quantitative estimate of drug-likeness (QED) is 0.598. The third kappa shape index (κ3) is 5.67. The lowest BCUT2D eigenvalue weighted by molar-refractivity contribution is 0.354. The summed E-state index contributed by atoms with van der Waals surface area (Å²) in [6.45, 7) is 5.98. The number of hydrogen-bond donors (Lipinski definition) is 2. The fourth-order valence-corrected chi connectivity index (χ4v) is 2.36. The van der Waals surface area contributed by atoms with Gasteiger partial charge in [-0.25, -0.2) is 4.99 Å². The molecule has 6 nitrogen and oxygen atoms in total. The van der Waals surface area contributed by atoms with Gasteiger partial charge in [-0.2, -0.15) is 0 Å². The lowest BCUT2D eigenvalue weighted by atomic mass is 10.2. The largest absolute Gasteiger partial charge is 0.493 e. The first kappa shape index (κ1) is 18.6. The van der Waals surface area contributed by atoms with Crippen molar-refractivity contribution in [3.63, 3.8) is 0 Å². The summed E-state index contributed by atoms with van der Waals surface area (Å²) in [5, 5.41) is 6.55. The number of guanidine groups is 1. The molecule has 2 aromatic rings. The molecule has 0 bridgehead atoms. The Labute approximate surface area is 149 Å². The van der Waals surface area contributed by atoms with Gasteiger partial charge >= 0.3 is 0 Å². The molecule has 0 aliphatic rings. The average Bonchev–Trinajstić information content (AvgIpc) is 2.63. The fourth-order valence-electron chi connectivity index (χ4n) is 2.36. The molecule has 2 rings (SSSR count). The highest BCUT2D eigenvalue weighted by Crippen LogP contribution is 2.27. The summed E-state index contributed by atoms with van der Waals surface area (Å²) >= 11 is 0. The SMILES string of the molecule is CCNC(=NCc1ccc(OC)c(OC)c1)NCc1cccc(C)n1. The van der Waals surface area contributed by atoms with E-state index in [9.17, 15) is 0 Å². The number of ether oxygens (including phenoxy) is 2. The second-order valence-corrected chi connectivity index (χ2v) is 5.51. The number of aryl methyl sites for hydroxylation is 1. The number of aromatic nitrogens is 1. The Morgan fingerprint density at radius 1 is 1.08 bits per heavy atom. The van der Waals surface area contributed by atoms with Crippen molar-refractivity contribution in [1.29, 1.82) is 0 Å². The number of methoxy groups -OCH3 is 2. The van der Waals surface area contributed by atoms with Gasteiger partial charge in [-0.3, -0.25) is 4.98 Å². The molecular weight excluding hydrogens is 316 g/mol. The zero-order valence-corrected chi connectivity index (χ0v) is 15.3. The zero-order chi connectivity index (χ0) is 18.1. The van der Waals surface area contributed by atoms with E-state index in [2.05, 4.69) is 20.6 Å². The summed E-state index contributed by atoms with van der Waals surface area (Å²) in [5.74, 6) is 2.17. The van der Waals surface area contributed by atoms with Crippen LogP contribution >= 0.6 is 0 Å². The van der Waals surface area contributed by atoms with Gasteiger partial charge in [0, 0.05) is 12.2 Å². The lowest BCUT2D eigenvalue weighted by Gasteiger charge is -2.12. The van der Waals surface area contributed by atoms with Gasteiger partial charge in [0.25, 0.3) is 0 Å². The lowest BCUT2D eigenvalue weighted by Crippen LogP contribution is -2.37. The maximum atomic E-state index is 5.33. The van der Waals surface area contributed by atoms with Crippen molar-refractivity contribution in [2.24, 2.45) is 4.99 Å². The van der Waals surface area contributed by atoms with E-state index in [1.54, 1.807) is 14.2 Å². The van der Waals surface area contributed by atoms with Gasteiger partial charge in [-0.15, -0.1) is 0 Å². The molecule has 25 heavy (non-hydrogen) atoms. The molecule has 0 amide bonds. The third-order valence-electron chi connectivity index (χ3n) is 3.59. The third-order valence-corrected chi connectivity index (χ3v) is 3.59. The second-order valence-electron chi connectivity index (χ2n) is 5.51. The van der Waals surface area contributed by atoms with Gasteiger partial charge in [0.1, 0.15) is 0 Å². The fraction of sp³-hybridized carbons (Fsp3) is 0.368. The summed E-state index contributed by atoms with van der Waals surface area (Å²) in [5.41, 5.74) is 3.03. The van der Waals surface area contributed by atoms with Gasteiger partial charge in [-0.1, -0.05) is 12.1 Å². The number of aliphatic imine (C=N–C) groups is 1. The van der Waals surface area contributed by atoms with E-state index in [1.165, 1.54) is 0 Å². The predicted octanol–water partition coefficient (Wildman–Crippen LogP) is 2.66. The summed E-state index contributed by atoms with van der Waals surface area (Å²) < 4.78 is 10.6. The molecule has 1 aromatic heterocycles. The normalized spacial score (nSPS) is 11.1. The Morgan fingerprint density at radius 3 is 2.56 bits per heavy atom. The summed E-state index contributed by atoms with van der Waals surface area (Å²) in [4.78, 5) is 9.11. The van der Waals surface area contributed by atoms with Crippen LogP contribution < -0.4 is 20.1 Å². The monoisotopic (exact) mass is 342 g/mol. The van der Waals surface area contributed by atoms with Crippen LogP contribution in [0.3, 0.4) is 0 Å². The van der Waals surface area contributed by atoms with Crippen LogP contribution in [0.5, 0.6) is 11.5 Å². The Bertz CT molecular complexity index is 716. The number of nitrogens with zero attached hydrogens (tertiary/aromatic N) is 2. The minimum Gasteiger partial charge on any atom is -0.493 e. The first-order chi connectivity index (χ1) is 12.2. The number of rotatable bonds is 7. The van der Waals surface area contributed by atoms with E-state index >= 15 is 0 Å². The molecule has 1 heterocycles. The maximum Gasteiger partial charge on any atom is 0.191 e. The van der Waals surface area contributed by atoms with Crippen molar-refractivity contribution in [3.05, 3.63) is 53.3 Å². The molecule has 0 fully saturated rings. The molecule has 0 saturated carbocycles. The molecule has 0 aliphatic heterocycles. The second kappa shape index (κ2) is 9.52. The molecule has 0 radical (unpaired) electrons. The first-order valence-corrected chi connectivity index (χ1v) is 8.32. The minimum absolute atomic E-state index is 0.539. The van der Waals surface area contributed by atoms with E-state index in [-0.39, 0.29) is 0 Å². The smallest absolute Gasteiger partial charge is 0.191 e. The van der Waals surface area contributed by atoms with Crippen molar-refractivity contribution in [1.82, 2.24) is 15.6 Å². The Hall–Kier alpha value is -2.76. The van der Waals surface area contributed by atoms with Gasteiger partial charge in [0.2, 0.25) is 0 Å². The molecule has 134 valence electrons. The van der Waals surface area contributed by atoms with Crippen molar-refractivity contribution < 1.29 is 9.47 Å². The molecular formula is C19H26N4O2.